The quantitative estimate of drug-likeness (QED) is 0.463. The number of hydrogen-bond acceptors (Lipinski definition) is 4. The van der Waals surface area contributed by atoms with Gasteiger partial charge in [-0.15, -0.1) is 0 Å². The van der Waals surface area contributed by atoms with Gasteiger partial charge in [-0.1, -0.05) is 0 Å². The Kier molecular flexibility index (Phi) is 2.90. The van der Waals surface area contributed by atoms with E-state index in [0.29, 0.717) is 12.8 Å². The van der Waals surface area contributed by atoms with E-state index in [0.717, 1.165) is 0 Å². The van der Waals surface area contributed by atoms with E-state index in [-0.39, 0.29) is 12.2 Å². The lowest BCUT2D eigenvalue weighted by molar-refractivity contribution is -0.152. The minimum absolute atomic E-state index is 0.107. The molecule has 1 aliphatic rings. The fourth-order valence-corrected chi connectivity index (χ4v) is 1.70. The number of ether oxygens (including phenoxy) is 1. The molecule has 0 aromatic rings. The third-order valence-electron chi connectivity index (χ3n) is 2.72. The van der Waals surface area contributed by atoms with Crippen LogP contribution < -0.4 is 0 Å². The van der Waals surface area contributed by atoms with Crippen molar-refractivity contribution in [3.63, 3.8) is 0 Å². The number of ketones is 1. The minimum Gasteiger partial charge on any atom is -0.468 e. The Morgan fingerprint density at radius 2 is 2.36 bits per heavy atom. The first-order valence-corrected chi connectivity index (χ1v) is 4.54. The Bertz CT molecular complexity index is 297. The van der Waals surface area contributed by atoms with Gasteiger partial charge in [-0.3, -0.25) is 9.59 Å². The van der Waals surface area contributed by atoms with E-state index in [1.807, 2.05) is 0 Å². The van der Waals surface area contributed by atoms with Gasteiger partial charge in [0.25, 0.3) is 0 Å². The van der Waals surface area contributed by atoms with E-state index in [4.69, 9.17) is 5.26 Å². The number of rotatable bonds is 1. The number of hydrogen-bond donors (Lipinski definition) is 0. The zero-order valence-corrected chi connectivity index (χ0v) is 8.37. The number of methoxy groups -OCH3 is 1. The van der Waals surface area contributed by atoms with Gasteiger partial charge in [0.15, 0.2) is 0 Å². The van der Waals surface area contributed by atoms with Gasteiger partial charge in [-0.25, -0.2) is 0 Å². The predicted molar refractivity (Wildman–Crippen MR) is 48.1 cm³/mol. The van der Waals surface area contributed by atoms with Crippen molar-refractivity contribution in [1.82, 2.24) is 0 Å². The summed E-state index contributed by atoms with van der Waals surface area (Å²) in [6.07, 6.45) is 1.12. The molecule has 1 fully saturated rings. The summed E-state index contributed by atoms with van der Waals surface area (Å²) in [5, 5.41) is 8.90. The Balaban J connectivity index is 2.80. The second-order valence-corrected chi connectivity index (χ2v) is 3.92. The van der Waals surface area contributed by atoms with Gasteiger partial charge in [0.2, 0.25) is 0 Å². The highest BCUT2D eigenvalue weighted by Gasteiger charge is 2.41. The molecule has 4 heteroatoms. The van der Waals surface area contributed by atoms with E-state index in [9.17, 15) is 9.59 Å². The molecule has 0 saturated heterocycles. The van der Waals surface area contributed by atoms with E-state index in [1.54, 1.807) is 6.92 Å². The molecule has 0 aromatic carbocycles. The van der Waals surface area contributed by atoms with Crippen LogP contribution in [0.3, 0.4) is 0 Å². The van der Waals surface area contributed by atoms with Crippen LogP contribution in [0.5, 0.6) is 0 Å². The largest absolute Gasteiger partial charge is 0.468 e. The summed E-state index contributed by atoms with van der Waals surface area (Å²) in [6.45, 7) is 1.77. The molecule has 76 valence electrons. The molecule has 2 atom stereocenters. The first-order valence-electron chi connectivity index (χ1n) is 4.54. The topological polar surface area (TPSA) is 67.2 Å². The molecule has 0 radical (unpaired) electrons. The molecule has 0 spiro atoms. The highest BCUT2D eigenvalue weighted by molar-refractivity contribution is 5.99. The maximum Gasteiger partial charge on any atom is 0.316 e. The van der Waals surface area contributed by atoms with Crippen molar-refractivity contribution < 1.29 is 14.3 Å². The highest BCUT2D eigenvalue weighted by atomic mass is 16.5. The first-order chi connectivity index (χ1) is 6.52. The number of esters is 1. The molecule has 14 heavy (non-hydrogen) atoms. The van der Waals surface area contributed by atoms with Crippen LogP contribution >= 0.6 is 0 Å². The van der Waals surface area contributed by atoms with Crippen molar-refractivity contribution in [2.24, 2.45) is 11.3 Å². The van der Waals surface area contributed by atoms with Gasteiger partial charge in [-0.2, -0.15) is 5.26 Å². The van der Waals surface area contributed by atoms with Crippen LogP contribution in [0.4, 0.5) is 0 Å². The zero-order chi connectivity index (χ0) is 10.8. The standard InChI is InChI=1S/C10H13NO3/c1-10(6-11)4-3-8(12)7(5-10)9(13)14-2/h7H,3-5H2,1-2H3. The molecule has 1 aliphatic carbocycles. The third kappa shape index (κ3) is 1.92. The summed E-state index contributed by atoms with van der Waals surface area (Å²) < 4.78 is 4.53. The third-order valence-corrected chi connectivity index (χ3v) is 2.72. The van der Waals surface area contributed by atoms with Crippen LogP contribution in [-0.2, 0) is 14.3 Å². The Morgan fingerprint density at radius 3 is 2.86 bits per heavy atom. The van der Waals surface area contributed by atoms with Gasteiger partial charge in [0.1, 0.15) is 11.7 Å². The van der Waals surface area contributed by atoms with Crippen molar-refractivity contribution in [3.05, 3.63) is 0 Å². The fourth-order valence-electron chi connectivity index (χ4n) is 1.70. The average Bonchev–Trinajstić information content (AvgIpc) is 2.21. The predicted octanol–water partition coefficient (Wildman–Crippen LogP) is 1.06. The smallest absolute Gasteiger partial charge is 0.316 e. The number of carbonyl (C=O) groups is 2. The summed E-state index contributed by atoms with van der Waals surface area (Å²) in [7, 11) is 1.26. The summed E-state index contributed by atoms with van der Waals surface area (Å²) in [4.78, 5) is 22.6. The van der Waals surface area contributed by atoms with Crippen LogP contribution in [0.15, 0.2) is 0 Å². The maximum atomic E-state index is 11.4. The van der Waals surface area contributed by atoms with Crippen LogP contribution in [0.2, 0.25) is 0 Å². The van der Waals surface area contributed by atoms with Crippen molar-refractivity contribution in [1.29, 1.82) is 5.26 Å². The molecule has 0 aliphatic heterocycles. The number of nitrogens with zero attached hydrogens (tertiary/aromatic N) is 1. The Labute approximate surface area is 82.8 Å². The highest BCUT2D eigenvalue weighted by Crippen LogP contribution is 2.37. The van der Waals surface area contributed by atoms with Crippen LogP contribution in [0, 0.1) is 22.7 Å². The van der Waals surface area contributed by atoms with E-state index < -0.39 is 17.3 Å². The molecule has 2 unspecified atom stereocenters. The molecule has 0 heterocycles. The van der Waals surface area contributed by atoms with E-state index >= 15 is 0 Å². The normalized spacial score (nSPS) is 32.1. The van der Waals surface area contributed by atoms with Gasteiger partial charge in [0.05, 0.1) is 18.6 Å². The fraction of sp³-hybridized carbons (Fsp3) is 0.700. The van der Waals surface area contributed by atoms with Crippen molar-refractivity contribution >= 4 is 11.8 Å². The van der Waals surface area contributed by atoms with Crippen molar-refractivity contribution in [2.45, 2.75) is 26.2 Å². The average molecular weight is 195 g/mol. The molecule has 0 bridgehead atoms. The first kappa shape index (κ1) is 10.7. The second-order valence-electron chi connectivity index (χ2n) is 3.92. The molecule has 1 rings (SSSR count). The number of Topliss-reactive ketones (excluding diaryl/α,β-unsaturated/α-hetero) is 1. The Morgan fingerprint density at radius 1 is 1.71 bits per heavy atom. The van der Waals surface area contributed by atoms with E-state index in [2.05, 4.69) is 10.8 Å². The molecule has 0 aromatic heterocycles. The second kappa shape index (κ2) is 3.79. The molecule has 4 nitrogen and oxygen atoms in total. The molecule has 0 N–H and O–H groups in total. The van der Waals surface area contributed by atoms with Crippen LogP contribution in [0.25, 0.3) is 0 Å². The summed E-state index contributed by atoms with van der Waals surface area (Å²) in [6, 6.07) is 2.15. The summed E-state index contributed by atoms with van der Waals surface area (Å²) >= 11 is 0. The van der Waals surface area contributed by atoms with Gasteiger partial charge < -0.3 is 4.74 Å². The summed E-state index contributed by atoms with van der Waals surface area (Å²) in [5.41, 5.74) is -0.563. The lowest BCUT2D eigenvalue weighted by Crippen LogP contribution is -2.36. The van der Waals surface area contributed by atoms with Crippen molar-refractivity contribution in [2.75, 3.05) is 7.11 Å². The Hall–Kier alpha value is -1.37. The lowest BCUT2D eigenvalue weighted by Gasteiger charge is -2.30. The number of carbonyl (C=O) groups excluding carboxylic acids is 2. The monoisotopic (exact) mass is 195 g/mol. The summed E-state index contributed by atoms with van der Waals surface area (Å²) in [5.74, 6) is -1.36. The SMILES string of the molecule is COC(=O)C1CC(C)(C#N)CCC1=O. The zero-order valence-electron chi connectivity index (χ0n) is 8.37. The molecule has 1 saturated carbocycles. The van der Waals surface area contributed by atoms with Gasteiger partial charge in [0, 0.05) is 6.42 Å². The lowest BCUT2D eigenvalue weighted by atomic mass is 9.71. The molecule has 0 amide bonds. The minimum atomic E-state index is -0.738. The van der Waals surface area contributed by atoms with E-state index in [1.165, 1.54) is 7.11 Å². The van der Waals surface area contributed by atoms with Gasteiger partial charge in [-0.05, 0) is 19.8 Å². The van der Waals surface area contributed by atoms with Crippen LogP contribution in [0.1, 0.15) is 26.2 Å². The molecular weight excluding hydrogens is 182 g/mol. The van der Waals surface area contributed by atoms with Crippen LogP contribution in [-0.4, -0.2) is 18.9 Å². The van der Waals surface area contributed by atoms with Gasteiger partial charge >= 0.3 is 5.97 Å². The number of nitriles is 1. The van der Waals surface area contributed by atoms with Crippen molar-refractivity contribution in [3.8, 4) is 6.07 Å². The molecular formula is C10H13NO3. The maximum absolute atomic E-state index is 11.4.